The summed E-state index contributed by atoms with van der Waals surface area (Å²) in [7, 11) is 0. The Balaban J connectivity index is 2.19. The normalized spacial score (nSPS) is 15.0. The third-order valence-corrected chi connectivity index (χ3v) is 3.89. The number of aryl methyl sites for hydroxylation is 1. The molecule has 0 spiro atoms. The molecule has 19 heavy (non-hydrogen) atoms. The second kappa shape index (κ2) is 6.42. The maximum Gasteiger partial charge on any atom is 0.0401 e. The van der Waals surface area contributed by atoms with Gasteiger partial charge < -0.3 is 10.6 Å². The van der Waals surface area contributed by atoms with Crippen LogP contribution in [0, 0.1) is 12.8 Å². The van der Waals surface area contributed by atoms with Gasteiger partial charge in [0, 0.05) is 18.3 Å². The van der Waals surface area contributed by atoms with Crippen molar-refractivity contribution in [1.82, 2.24) is 0 Å². The van der Waals surface area contributed by atoms with E-state index >= 15 is 0 Å². The maximum atomic E-state index is 5.78. The van der Waals surface area contributed by atoms with E-state index in [1.807, 2.05) is 0 Å². The lowest BCUT2D eigenvalue weighted by Crippen LogP contribution is -2.29. The van der Waals surface area contributed by atoms with Crippen LogP contribution in [0.25, 0.3) is 0 Å². The lowest BCUT2D eigenvalue weighted by molar-refractivity contribution is 0.570. The first-order valence-corrected chi connectivity index (χ1v) is 7.68. The predicted molar refractivity (Wildman–Crippen MR) is 83.8 cm³/mol. The number of hydrogen-bond donors (Lipinski definition) is 1. The fraction of sp³-hybridized carbons (Fsp3) is 0.647. The van der Waals surface area contributed by atoms with Gasteiger partial charge in [0.15, 0.2) is 0 Å². The summed E-state index contributed by atoms with van der Waals surface area (Å²) in [5, 5.41) is 0. The summed E-state index contributed by atoms with van der Waals surface area (Å²) >= 11 is 0. The van der Waals surface area contributed by atoms with Crippen molar-refractivity contribution in [2.24, 2.45) is 11.7 Å². The van der Waals surface area contributed by atoms with Crippen LogP contribution in [0.1, 0.15) is 44.2 Å². The van der Waals surface area contributed by atoms with Crippen molar-refractivity contribution in [1.29, 1.82) is 0 Å². The number of hydrogen-bond acceptors (Lipinski definition) is 2. The SMILES string of the molecule is Cc1ccc(N(CCC(C)C)C2CC2)c(CCN)c1. The topological polar surface area (TPSA) is 29.3 Å². The summed E-state index contributed by atoms with van der Waals surface area (Å²) in [5.74, 6) is 0.768. The van der Waals surface area contributed by atoms with E-state index in [1.54, 1.807) is 0 Å². The maximum absolute atomic E-state index is 5.78. The van der Waals surface area contributed by atoms with E-state index in [0.717, 1.165) is 24.9 Å². The molecule has 1 aliphatic carbocycles. The standard InChI is InChI=1S/C17H28N2/c1-13(2)9-11-19(16-5-6-16)17-7-4-14(3)12-15(17)8-10-18/h4,7,12-13,16H,5-6,8-11,18H2,1-3H3. The molecular weight excluding hydrogens is 232 g/mol. The molecule has 0 aliphatic heterocycles. The number of nitrogens with two attached hydrogens (primary N) is 1. The molecule has 0 amide bonds. The Morgan fingerprint density at radius 3 is 2.63 bits per heavy atom. The minimum Gasteiger partial charge on any atom is -0.368 e. The van der Waals surface area contributed by atoms with Gasteiger partial charge in [-0.2, -0.15) is 0 Å². The van der Waals surface area contributed by atoms with E-state index in [-0.39, 0.29) is 0 Å². The molecule has 106 valence electrons. The Hall–Kier alpha value is -1.02. The molecule has 0 radical (unpaired) electrons. The highest BCUT2D eigenvalue weighted by atomic mass is 15.2. The Morgan fingerprint density at radius 1 is 1.32 bits per heavy atom. The molecule has 0 atom stereocenters. The summed E-state index contributed by atoms with van der Waals surface area (Å²) in [5.41, 5.74) is 9.97. The minimum absolute atomic E-state index is 0.735. The van der Waals surface area contributed by atoms with Gasteiger partial charge in [-0.05, 0) is 56.7 Å². The zero-order valence-corrected chi connectivity index (χ0v) is 12.7. The van der Waals surface area contributed by atoms with Crippen LogP contribution in [0.15, 0.2) is 18.2 Å². The quantitative estimate of drug-likeness (QED) is 0.813. The molecule has 1 aliphatic rings. The van der Waals surface area contributed by atoms with Gasteiger partial charge in [-0.3, -0.25) is 0 Å². The molecule has 1 saturated carbocycles. The van der Waals surface area contributed by atoms with Gasteiger partial charge in [-0.15, -0.1) is 0 Å². The highest BCUT2D eigenvalue weighted by Gasteiger charge is 2.30. The van der Waals surface area contributed by atoms with E-state index in [2.05, 4.69) is 43.9 Å². The van der Waals surface area contributed by atoms with Crippen molar-refractivity contribution in [2.75, 3.05) is 18.0 Å². The third kappa shape index (κ3) is 3.97. The van der Waals surface area contributed by atoms with Crippen LogP contribution in [-0.4, -0.2) is 19.1 Å². The van der Waals surface area contributed by atoms with Crippen LogP contribution >= 0.6 is 0 Å². The van der Waals surface area contributed by atoms with Gasteiger partial charge in [0.05, 0.1) is 0 Å². The first-order valence-electron chi connectivity index (χ1n) is 7.68. The molecule has 0 aromatic heterocycles. The lowest BCUT2D eigenvalue weighted by Gasteiger charge is -2.28. The minimum atomic E-state index is 0.735. The van der Waals surface area contributed by atoms with Crippen LogP contribution < -0.4 is 10.6 Å². The molecule has 0 saturated heterocycles. The monoisotopic (exact) mass is 260 g/mol. The zero-order valence-electron chi connectivity index (χ0n) is 12.7. The van der Waals surface area contributed by atoms with E-state index in [0.29, 0.717) is 0 Å². The van der Waals surface area contributed by atoms with E-state index < -0.39 is 0 Å². The van der Waals surface area contributed by atoms with Crippen LogP contribution in [-0.2, 0) is 6.42 Å². The molecule has 1 fully saturated rings. The van der Waals surface area contributed by atoms with Gasteiger partial charge >= 0.3 is 0 Å². The average molecular weight is 260 g/mol. The van der Waals surface area contributed by atoms with E-state index in [4.69, 9.17) is 5.73 Å². The number of anilines is 1. The highest BCUT2D eigenvalue weighted by molar-refractivity contribution is 5.56. The van der Waals surface area contributed by atoms with Crippen molar-refractivity contribution in [3.05, 3.63) is 29.3 Å². The van der Waals surface area contributed by atoms with Crippen LogP contribution in [0.2, 0.25) is 0 Å². The molecule has 1 aromatic carbocycles. The van der Waals surface area contributed by atoms with Crippen molar-refractivity contribution in [2.45, 2.75) is 52.5 Å². The molecular formula is C17H28N2. The predicted octanol–water partition coefficient (Wildman–Crippen LogP) is 3.51. The zero-order chi connectivity index (χ0) is 13.8. The van der Waals surface area contributed by atoms with Gasteiger partial charge in [0.1, 0.15) is 0 Å². The lowest BCUT2D eigenvalue weighted by atomic mass is 10.0. The van der Waals surface area contributed by atoms with E-state index in [9.17, 15) is 0 Å². The second-order valence-corrected chi connectivity index (χ2v) is 6.28. The van der Waals surface area contributed by atoms with Crippen molar-refractivity contribution in [3.8, 4) is 0 Å². The van der Waals surface area contributed by atoms with Gasteiger partial charge in [0.25, 0.3) is 0 Å². The molecule has 2 rings (SSSR count). The van der Waals surface area contributed by atoms with Crippen molar-refractivity contribution < 1.29 is 0 Å². The second-order valence-electron chi connectivity index (χ2n) is 6.28. The smallest absolute Gasteiger partial charge is 0.0401 e. The summed E-state index contributed by atoms with van der Waals surface area (Å²) in [6.07, 6.45) is 4.97. The van der Waals surface area contributed by atoms with Gasteiger partial charge in [-0.1, -0.05) is 31.5 Å². The molecule has 0 unspecified atom stereocenters. The number of benzene rings is 1. The average Bonchev–Trinajstić information content (AvgIpc) is 3.16. The number of nitrogens with zero attached hydrogens (tertiary/aromatic N) is 1. The third-order valence-electron chi connectivity index (χ3n) is 3.89. The molecule has 2 heteroatoms. The van der Waals surface area contributed by atoms with Crippen LogP contribution in [0.4, 0.5) is 5.69 Å². The van der Waals surface area contributed by atoms with Crippen molar-refractivity contribution in [3.63, 3.8) is 0 Å². The summed E-state index contributed by atoms with van der Waals surface area (Å²) in [6, 6.07) is 7.63. The Bertz CT molecular complexity index is 408. The van der Waals surface area contributed by atoms with E-state index in [1.165, 1.54) is 42.6 Å². The highest BCUT2D eigenvalue weighted by Crippen LogP contribution is 2.34. The van der Waals surface area contributed by atoms with Gasteiger partial charge in [-0.25, -0.2) is 0 Å². The molecule has 1 aromatic rings. The Morgan fingerprint density at radius 2 is 2.05 bits per heavy atom. The Kier molecular flexibility index (Phi) is 4.87. The van der Waals surface area contributed by atoms with Gasteiger partial charge in [0.2, 0.25) is 0 Å². The first-order chi connectivity index (χ1) is 9.11. The number of rotatable bonds is 7. The first kappa shape index (κ1) is 14.4. The molecule has 0 heterocycles. The molecule has 2 nitrogen and oxygen atoms in total. The Labute approximate surface area is 118 Å². The molecule has 2 N–H and O–H groups in total. The fourth-order valence-corrected chi connectivity index (χ4v) is 2.63. The summed E-state index contributed by atoms with van der Waals surface area (Å²) in [6.45, 7) is 8.70. The van der Waals surface area contributed by atoms with Crippen LogP contribution in [0.3, 0.4) is 0 Å². The van der Waals surface area contributed by atoms with Crippen molar-refractivity contribution >= 4 is 5.69 Å². The van der Waals surface area contributed by atoms with Crippen LogP contribution in [0.5, 0.6) is 0 Å². The summed E-state index contributed by atoms with van der Waals surface area (Å²) in [4.78, 5) is 2.63. The largest absolute Gasteiger partial charge is 0.368 e. The molecule has 0 bridgehead atoms. The summed E-state index contributed by atoms with van der Waals surface area (Å²) < 4.78 is 0. The fourth-order valence-electron chi connectivity index (χ4n) is 2.63.